The van der Waals surface area contributed by atoms with E-state index >= 15 is 0 Å². The predicted octanol–water partition coefficient (Wildman–Crippen LogP) is 1.49. The molecular weight excluding hydrogens is 176 g/mol. The molecule has 2 fully saturated rings. The van der Waals surface area contributed by atoms with Gasteiger partial charge in [-0.05, 0) is 19.3 Å². The minimum atomic E-state index is 0.148. The Morgan fingerprint density at radius 3 is 2.43 bits per heavy atom. The van der Waals surface area contributed by atoms with Gasteiger partial charge in [0.1, 0.15) is 5.78 Å². The summed E-state index contributed by atoms with van der Waals surface area (Å²) in [4.78, 5) is 13.5. The van der Waals surface area contributed by atoms with Gasteiger partial charge in [-0.3, -0.25) is 9.69 Å². The van der Waals surface area contributed by atoms with E-state index in [9.17, 15) is 4.79 Å². The van der Waals surface area contributed by atoms with Crippen molar-refractivity contribution in [3.05, 3.63) is 0 Å². The van der Waals surface area contributed by atoms with Gasteiger partial charge < -0.3 is 0 Å². The lowest BCUT2D eigenvalue weighted by Gasteiger charge is -2.50. The summed E-state index contributed by atoms with van der Waals surface area (Å²) in [6.07, 6.45) is 5.55. The third-order valence-corrected chi connectivity index (χ3v) is 3.68. The van der Waals surface area contributed by atoms with Crippen molar-refractivity contribution >= 4 is 5.78 Å². The molecule has 0 N–H and O–H groups in total. The maximum Gasteiger partial charge on any atom is 0.135 e. The summed E-state index contributed by atoms with van der Waals surface area (Å²) in [6.45, 7) is 1.75. The van der Waals surface area contributed by atoms with E-state index < -0.39 is 0 Å². The van der Waals surface area contributed by atoms with Crippen LogP contribution in [0.25, 0.3) is 0 Å². The lowest BCUT2D eigenvalue weighted by Crippen LogP contribution is -2.56. The van der Waals surface area contributed by atoms with Gasteiger partial charge in [0.25, 0.3) is 0 Å². The Hall–Kier alpha value is -0.880. The monoisotopic (exact) mass is 192 g/mol. The maximum atomic E-state index is 11.1. The number of carbonyl (C=O) groups excluding carboxylic acids is 1. The van der Waals surface area contributed by atoms with Gasteiger partial charge >= 0.3 is 0 Å². The number of nitrogens with zero attached hydrogens (tertiary/aromatic N) is 2. The number of Topliss-reactive ketones (excluding diaryl/α,β-unsaturated/α-hetero) is 1. The second kappa shape index (κ2) is 3.70. The Kier molecular flexibility index (Phi) is 2.56. The lowest BCUT2D eigenvalue weighted by atomic mass is 9.72. The van der Waals surface area contributed by atoms with Gasteiger partial charge in [-0.25, -0.2) is 0 Å². The molecule has 0 unspecified atom stereocenters. The molecule has 0 aromatic rings. The highest BCUT2D eigenvalue weighted by molar-refractivity contribution is 5.79. The maximum absolute atomic E-state index is 11.1. The first-order chi connectivity index (χ1) is 6.77. The molecule has 0 spiro atoms. The molecule has 3 heteroatoms. The molecule has 0 radical (unpaired) electrons. The van der Waals surface area contributed by atoms with Crippen molar-refractivity contribution in [2.24, 2.45) is 0 Å². The molecule has 1 aliphatic carbocycles. The van der Waals surface area contributed by atoms with Gasteiger partial charge in [0, 0.05) is 31.5 Å². The molecule has 0 aromatic carbocycles. The van der Waals surface area contributed by atoms with E-state index in [1.807, 2.05) is 0 Å². The van der Waals surface area contributed by atoms with Crippen molar-refractivity contribution in [3.63, 3.8) is 0 Å². The normalized spacial score (nSPS) is 26.6. The van der Waals surface area contributed by atoms with Crippen LogP contribution in [-0.4, -0.2) is 29.3 Å². The summed E-state index contributed by atoms with van der Waals surface area (Å²) in [5.41, 5.74) is 0.148. The molecule has 0 bridgehead atoms. The van der Waals surface area contributed by atoms with Crippen LogP contribution in [0.2, 0.25) is 0 Å². The van der Waals surface area contributed by atoms with Gasteiger partial charge in [0.2, 0.25) is 0 Å². The minimum Gasteiger partial charge on any atom is -0.300 e. The third-order valence-electron chi connectivity index (χ3n) is 3.68. The van der Waals surface area contributed by atoms with Crippen LogP contribution in [0, 0.1) is 11.3 Å². The highest BCUT2D eigenvalue weighted by atomic mass is 16.1. The topological polar surface area (TPSA) is 44.1 Å². The van der Waals surface area contributed by atoms with Gasteiger partial charge in [-0.1, -0.05) is 0 Å². The molecule has 14 heavy (non-hydrogen) atoms. The van der Waals surface area contributed by atoms with Crippen molar-refractivity contribution in [1.29, 1.82) is 5.26 Å². The average Bonchev–Trinajstić information content (AvgIpc) is 2.13. The second-order valence-electron chi connectivity index (χ2n) is 4.44. The summed E-state index contributed by atoms with van der Waals surface area (Å²) < 4.78 is 0. The van der Waals surface area contributed by atoms with Crippen LogP contribution in [0.15, 0.2) is 0 Å². The fraction of sp³-hybridized carbons (Fsp3) is 0.818. The quantitative estimate of drug-likeness (QED) is 0.665. The van der Waals surface area contributed by atoms with E-state index in [0.29, 0.717) is 25.0 Å². The SMILES string of the molecule is N#CCC1(N2CCC(=O)CC2)CCC1. The zero-order valence-corrected chi connectivity index (χ0v) is 8.46. The van der Waals surface area contributed by atoms with Crippen LogP contribution in [0.1, 0.15) is 38.5 Å². The number of rotatable bonds is 2. The lowest BCUT2D eigenvalue weighted by molar-refractivity contribution is -0.124. The largest absolute Gasteiger partial charge is 0.300 e. The van der Waals surface area contributed by atoms with Crippen LogP contribution >= 0.6 is 0 Å². The number of hydrogen-bond acceptors (Lipinski definition) is 3. The fourth-order valence-electron chi connectivity index (χ4n) is 2.57. The Morgan fingerprint density at radius 2 is 2.00 bits per heavy atom. The fourth-order valence-corrected chi connectivity index (χ4v) is 2.57. The van der Waals surface area contributed by atoms with Crippen molar-refractivity contribution in [2.45, 2.75) is 44.1 Å². The van der Waals surface area contributed by atoms with Crippen LogP contribution in [-0.2, 0) is 4.79 Å². The molecule has 1 saturated heterocycles. The molecule has 1 saturated carbocycles. The van der Waals surface area contributed by atoms with E-state index in [1.54, 1.807) is 0 Å². The number of likely N-dealkylation sites (tertiary alicyclic amines) is 1. The zero-order chi connectivity index (χ0) is 10.0. The Morgan fingerprint density at radius 1 is 1.36 bits per heavy atom. The summed E-state index contributed by atoms with van der Waals surface area (Å²) >= 11 is 0. The molecule has 2 aliphatic rings. The van der Waals surface area contributed by atoms with Crippen molar-refractivity contribution < 1.29 is 4.79 Å². The number of nitriles is 1. The molecular formula is C11H16N2O. The molecule has 76 valence electrons. The second-order valence-corrected chi connectivity index (χ2v) is 4.44. The zero-order valence-electron chi connectivity index (χ0n) is 8.46. The molecule has 0 atom stereocenters. The first kappa shape index (κ1) is 9.67. The molecule has 3 nitrogen and oxygen atoms in total. The van der Waals surface area contributed by atoms with E-state index in [4.69, 9.17) is 5.26 Å². The number of carbonyl (C=O) groups is 1. The van der Waals surface area contributed by atoms with Crippen LogP contribution in [0.4, 0.5) is 0 Å². The van der Waals surface area contributed by atoms with Gasteiger partial charge in [0.05, 0.1) is 12.5 Å². The van der Waals surface area contributed by atoms with Crippen LogP contribution in [0.3, 0.4) is 0 Å². The van der Waals surface area contributed by atoms with Crippen molar-refractivity contribution in [1.82, 2.24) is 4.90 Å². The number of hydrogen-bond donors (Lipinski definition) is 0. The van der Waals surface area contributed by atoms with Crippen molar-refractivity contribution in [3.8, 4) is 6.07 Å². The number of ketones is 1. The van der Waals surface area contributed by atoms with E-state index in [0.717, 1.165) is 25.9 Å². The average molecular weight is 192 g/mol. The first-order valence-electron chi connectivity index (χ1n) is 5.41. The van der Waals surface area contributed by atoms with E-state index in [1.165, 1.54) is 6.42 Å². The highest BCUT2D eigenvalue weighted by Gasteiger charge is 2.43. The molecule has 1 aliphatic heterocycles. The Labute approximate surface area is 84.7 Å². The molecule has 1 heterocycles. The van der Waals surface area contributed by atoms with Crippen molar-refractivity contribution in [2.75, 3.05) is 13.1 Å². The molecule has 0 aromatic heterocycles. The highest BCUT2D eigenvalue weighted by Crippen LogP contribution is 2.41. The summed E-state index contributed by atoms with van der Waals surface area (Å²) in [5, 5.41) is 8.81. The number of piperidine rings is 1. The summed E-state index contributed by atoms with van der Waals surface area (Å²) in [5.74, 6) is 0.382. The smallest absolute Gasteiger partial charge is 0.135 e. The third kappa shape index (κ3) is 1.55. The summed E-state index contributed by atoms with van der Waals surface area (Å²) in [7, 11) is 0. The predicted molar refractivity (Wildman–Crippen MR) is 52.6 cm³/mol. The van der Waals surface area contributed by atoms with E-state index in [-0.39, 0.29) is 5.54 Å². The Bertz CT molecular complexity index is 266. The van der Waals surface area contributed by atoms with Crippen LogP contribution in [0.5, 0.6) is 0 Å². The Balaban J connectivity index is 1.99. The molecule has 0 amide bonds. The van der Waals surface area contributed by atoms with Gasteiger partial charge in [-0.2, -0.15) is 5.26 Å². The van der Waals surface area contributed by atoms with Crippen LogP contribution < -0.4 is 0 Å². The van der Waals surface area contributed by atoms with Gasteiger partial charge in [-0.15, -0.1) is 0 Å². The minimum absolute atomic E-state index is 0.148. The molecule has 2 rings (SSSR count). The first-order valence-corrected chi connectivity index (χ1v) is 5.41. The van der Waals surface area contributed by atoms with E-state index in [2.05, 4.69) is 11.0 Å². The van der Waals surface area contributed by atoms with Gasteiger partial charge in [0.15, 0.2) is 0 Å². The standard InChI is InChI=1S/C11H16N2O/c12-7-6-11(4-1-5-11)13-8-2-10(14)3-9-13/h1-6,8-9H2. The summed E-state index contributed by atoms with van der Waals surface area (Å²) in [6, 6.07) is 2.29.